The molecule has 17 heavy (non-hydrogen) atoms. The van der Waals surface area contributed by atoms with Gasteiger partial charge in [0.25, 0.3) is 0 Å². The molecule has 0 saturated heterocycles. The molecule has 0 heterocycles. The van der Waals surface area contributed by atoms with E-state index in [1.165, 1.54) is 0 Å². The van der Waals surface area contributed by atoms with Crippen molar-refractivity contribution in [2.75, 3.05) is 32.7 Å². The molecule has 0 atom stereocenters. The van der Waals surface area contributed by atoms with Crippen LogP contribution in [0.4, 0.5) is 0 Å². The lowest BCUT2D eigenvalue weighted by Crippen LogP contribution is -2.38. The first-order valence-electron chi connectivity index (χ1n) is 6.61. The van der Waals surface area contributed by atoms with Crippen LogP contribution in [0.3, 0.4) is 0 Å². The third kappa shape index (κ3) is 5.36. The number of nitrogens with zero attached hydrogens (tertiary/aromatic N) is 2. The van der Waals surface area contributed by atoms with E-state index in [-0.39, 0.29) is 5.25 Å². The van der Waals surface area contributed by atoms with Gasteiger partial charge in [-0.3, -0.25) is 0 Å². The highest BCUT2D eigenvalue weighted by atomic mass is 32.2. The summed E-state index contributed by atoms with van der Waals surface area (Å²) in [6.45, 7) is 13.9. The quantitative estimate of drug-likeness (QED) is 0.637. The molecular weight excluding hydrogens is 236 g/mol. The van der Waals surface area contributed by atoms with Gasteiger partial charge in [-0.05, 0) is 39.9 Å². The zero-order valence-corrected chi connectivity index (χ0v) is 12.8. The van der Waals surface area contributed by atoms with Crippen LogP contribution in [0.1, 0.15) is 41.0 Å². The summed E-state index contributed by atoms with van der Waals surface area (Å²) in [6, 6.07) is 0. The number of rotatable bonds is 9. The third-order valence-corrected chi connectivity index (χ3v) is 5.44. The number of hydrogen-bond acceptors (Lipinski definition) is 3. The van der Waals surface area contributed by atoms with Crippen molar-refractivity contribution in [3.8, 4) is 0 Å². The summed E-state index contributed by atoms with van der Waals surface area (Å²) < 4.78 is 25.6. The minimum absolute atomic E-state index is 0.323. The van der Waals surface area contributed by atoms with Gasteiger partial charge in [0.1, 0.15) is 0 Å². The molecule has 0 aromatic carbocycles. The Morgan fingerprint density at radius 2 is 1.47 bits per heavy atom. The summed E-state index contributed by atoms with van der Waals surface area (Å²) in [7, 11) is -3.09. The number of hydrogen-bond donors (Lipinski definition) is 0. The summed E-state index contributed by atoms with van der Waals surface area (Å²) in [6.07, 6.45) is 0.904. The van der Waals surface area contributed by atoms with Gasteiger partial charge in [0, 0.05) is 13.1 Å². The second-order valence-electron chi connectivity index (χ2n) is 4.47. The summed E-state index contributed by atoms with van der Waals surface area (Å²) in [5.74, 6) is 0. The minimum Gasteiger partial charge on any atom is -0.304 e. The van der Waals surface area contributed by atoms with Crippen LogP contribution in [0, 0.1) is 0 Å². The fourth-order valence-electron chi connectivity index (χ4n) is 1.77. The maximum atomic E-state index is 12.0. The second kappa shape index (κ2) is 8.06. The van der Waals surface area contributed by atoms with Gasteiger partial charge in [-0.2, -0.15) is 0 Å². The van der Waals surface area contributed by atoms with E-state index in [9.17, 15) is 8.42 Å². The van der Waals surface area contributed by atoms with Crippen molar-refractivity contribution in [1.29, 1.82) is 0 Å². The van der Waals surface area contributed by atoms with E-state index in [0.717, 1.165) is 26.1 Å². The molecule has 0 N–H and O–H groups in total. The van der Waals surface area contributed by atoms with Gasteiger partial charge in [0.05, 0.1) is 5.25 Å². The Bertz CT molecular complexity index is 285. The predicted molar refractivity (Wildman–Crippen MR) is 73.7 cm³/mol. The second-order valence-corrected chi connectivity index (χ2v) is 6.95. The van der Waals surface area contributed by atoms with Gasteiger partial charge < -0.3 is 4.90 Å². The van der Waals surface area contributed by atoms with E-state index in [1.54, 1.807) is 18.2 Å². The average molecular weight is 264 g/mol. The van der Waals surface area contributed by atoms with Crippen molar-refractivity contribution in [3.63, 3.8) is 0 Å². The van der Waals surface area contributed by atoms with Crippen LogP contribution in [0.5, 0.6) is 0 Å². The predicted octanol–water partition coefficient (Wildman–Crippen LogP) is 1.78. The highest BCUT2D eigenvalue weighted by molar-refractivity contribution is 7.89. The lowest BCUT2D eigenvalue weighted by Gasteiger charge is -2.24. The van der Waals surface area contributed by atoms with Gasteiger partial charge in [0.2, 0.25) is 10.0 Å². The molecular formula is C12H28N2O2S. The van der Waals surface area contributed by atoms with Crippen LogP contribution in [0.2, 0.25) is 0 Å². The maximum Gasteiger partial charge on any atom is 0.216 e. The van der Waals surface area contributed by atoms with E-state index < -0.39 is 10.0 Å². The molecule has 5 heteroatoms. The maximum absolute atomic E-state index is 12.0. The molecule has 0 aliphatic carbocycles. The SMILES string of the molecule is CCN(CC)CCCN(CC)S(=O)(=O)C(C)C. The van der Waals surface area contributed by atoms with Gasteiger partial charge >= 0.3 is 0 Å². The Labute approximate surface area is 107 Å². The zero-order valence-electron chi connectivity index (χ0n) is 11.9. The third-order valence-electron chi connectivity index (χ3n) is 3.08. The first-order valence-corrected chi connectivity index (χ1v) is 8.11. The van der Waals surface area contributed by atoms with Crippen LogP contribution in [-0.2, 0) is 10.0 Å². The van der Waals surface area contributed by atoms with Gasteiger partial charge in [-0.15, -0.1) is 0 Å². The molecule has 4 nitrogen and oxygen atoms in total. The fourth-order valence-corrected chi connectivity index (χ4v) is 3.11. The Hall–Kier alpha value is -0.130. The molecule has 104 valence electrons. The van der Waals surface area contributed by atoms with Crippen molar-refractivity contribution in [2.24, 2.45) is 0 Å². The number of sulfonamides is 1. The van der Waals surface area contributed by atoms with E-state index in [2.05, 4.69) is 18.7 Å². The molecule has 0 aromatic heterocycles. The Morgan fingerprint density at radius 1 is 0.941 bits per heavy atom. The van der Waals surface area contributed by atoms with Gasteiger partial charge in [-0.25, -0.2) is 12.7 Å². The van der Waals surface area contributed by atoms with Gasteiger partial charge in [0.15, 0.2) is 0 Å². The largest absolute Gasteiger partial charge is 0.304 e. The summed E-state index contributed by atoms with van der Waals surface area (Å²) in [5, 5.41) is -0.323. The van der Waals surface area contributed by atoms with Crippen molar-refractivity contribution in [2.45, 2.75) is 46.3 Å². The molecule has 0 aliphatic heterocycles. The van der Waals surface area contributed by atoms with Crippen LogP contribution >= 0.6 is 0 Å². The highest BCUT2D eigenvalue weighted by Gasteiger charge is 2.23. The first kappa shape index (κ1) is 16.9. The van der Waals surface area contributed by atoms with E-state index in [1.807, 2.05) is 6.92 Å². The lowest BCUT2D eigenvalue weighted by molar-refractivity contribution is 0.285. The van der Waals surface area contributed by atoms with Crippen molar-refractivity contribution in [1.82, 2.24) is 9.21 Å². The van der Waals surface area contributed by atoms with Crippen molar-refractivity contribution < 1.29 is 8.42 Å². The molecule has 0 aliphatic rings. The van der Waals surface area contributed by atoms with Gasteiger partial charge in [-0.1, -0.05) is 20.8 Å². The van der Waals surface area contributed by atoms with E-state index >= 15 is 0 Å². The smallest absolute Gasteiger partial charge is 0.216 e. The van der Waals surface area contributed by atoms with Crippen molar-refractivity contribution in [3.05, 3.63) is 0 Å². The topological polar surface area (TPSA) is 40.6 Å². The molecule has 0 radical (unpaired) electrons. The molecule has 0 bridgehead atoms. The minimum atomic E-state index is -3.09. The first-order chi connectivity index (χ1) is 7.89. The van der Waals surface area contributed by atoms with Crippen molar-refractivity contribution >= 4 is 10.0 Å². The molecule has 0 amide bonds. The summed E-state index contributed by atoms with van der Waals surface area (Å²) in [4.78, 5) is 2.32. The fraction of sp³-hybridized carbons (Fsp3) is 1.00. The molecule has 0 rings (SSSR count). The molecule has 0 unspecified atom stereocenters. The Balaban J connectivity index is 4.25. The Morgan fingerprint density at radius 3 is 1.82 bits per heavy atom. The Kier molecular flexibility index (Phi) is 8.00. The normalized spacial score (nSPS) is 12.9. The zero-order chi connectivity index (χ0) is 13.5. The van der Waals surface area contributed by atoms with Crippen LogP contribution in [0.15, 0.2) is 0 Å². The van der Waals surface area contributed by atoms with Crippen LogP contribution in [0.25, 0.3) is 0 Å². The highest BCUT2D eigenvalue weighted by Crippen LogP contribution is 2.09. The molecule has 0 spiro atoms. The summed E-state index contributed by atoms with van der Waals surface area (Å²) >= 11 is 0. The van der Waals surface area contributed by atoms with E-state index in [0.29, 0.717) is 13.1 Å². The molecule has 0 aromatic rings. The lowest BCUT2D eigenvalue weighted by atomic mass is 10.3. The van der Waals surface area contributed by atoms with Crippen LogP contribution < -0.4 is 0 Å². The molecule has 0 fully saturated rings. The summed E-state index contributed by atoms with van der Waals surface area (Å²) in [5.41, 5.74) is 0. The monoisotopic (exact) mass is 264 g/mol. The standard InChI is InChI=1S/C12H28N2O2S/c1-6-13(7-2)10-9-11-14(8-3)17(15,16)12(4)5/h12H,6-11H2,1-5H3. The average Bonchev–Trinajstić information content (AvgIpc) is 2.29. The molecule has 0 saturated carbocycles. The van der Waals surface area contributed by atoms with Crippen LogP contribution in [-0.4, -0.2) is 55.6 Å². The van der Waals surface area contributed by atoms with E-state index in [4.69, 9.17) is 0 Å².